The Hall–Kier alpha value is -3.03. The van der Waals surface area contributed by atoms with Crippen molar-refractivity contribution >= 4 is 0 Å². The van der Waals surface area contributed by atoms with Gasteiger partial charge in [-0.2, -0.15) is 18.2 Å². The first-order valence-corrected chi connectivity index (χ1v) is 7.65. The van der Waals surface area contributed by atoms with Crippen molar-refractivity contribution in [2.24, 2.45) is 0 Å². The molecule has 2 aromatic carbocycles. The fraction of sp³-hybridized carbons (Fsp3) is 0.222. The number of alkyl halides is 3. The molecule has 0 aliphatic heterocycles. The second-order valence-corrected chi connectivity index (χ2v) is 5.46. The van der Waals surface area contributed by atoms with Crippen LogP contribution < -0.4 is 9.47 Å². The number of methoxy groups -OCH3 is 1. The second-order valence-electron chi connectivity index (χ2n) is 5.46. The average molecular weight is 364 g/mol. The molecule has 3 aromatic rings. The highest BCUT2D eigenvalue weighted by molar-refractivity contribution is 5.66. The largest absolute Gasteiger partial charge is 0.493 e. The standard InChI is InChI=1S/C18H15F3N2O3/c1-11-22-17(23-26-11)13-8-15(24-2)16(9-14(13)18(19,20)21)25-10-12-6-4-3-5-7-12/h3-9H,10H2,1-2H3. The third-order valence-electron chi connectivity index (χ3n) is 3.61. The summed E-state index contributed by atoms with van der Waals surface area (Å²) in [5.74, 6) is 0.123. The minimum Gasteiger partial charge on any atom is -0.493 e. The second kappa shape index (κ2) is 7.07. The van der Waals surface area contributed by atoms with E-state index in [1.807, 2.05) is 30.3 Å². The number of benzene rings is 2. The van der Waals surface area contributed by atoms with Crippen LogP contribution in [0, 0.1) is 6.92 Å². The van der Waals surface area contributed by atoms with E-state index in [1.54, 1.807) is 0 Å². The van der Waals surface area contributed by atoms with Gasteiger partial charge in [0.05, 0.1) is 12.7 Å². The molecule has 0 saturated carbocycles. The normalized spacial score (nSPS) is 11.4. The number of halogens is 3. The Bertz CT molecular complexity index is 892. The van der Waals surface area contributed by atoms with Crippen LogP contribution in [0.5, 0.6) is 11.5 Å². The lowest BCUT2D eigenvalue weighted by Gasteiger charge is -2.16. The number of rotatable bonds is 5. The molecule has 0 bridgehead atoms. The average Bonchev–Trinajstić information content (AvgIpc) is 3.05. The summed E-state index contributed by atoms with van der Waals surface area (Å²) in [6.45, 7) is 1.60. The molecule has 0 N–H and O–H groups in total. The Morgan fingerprint density at radius 2 is 1.81 bits per heavy atom. The van der Waals surface area contributed by atoms with Crippen molar-refractivity contribution in [3.05, 3.63) is 59.5 Å². The molecule has 0 atom stereocenters. The maximum absolute atomic E-state index is 13.5. The lowest BCUT2D eigenvalue weighted by atomic mass is 10.0. The van der Waals surface area contributed by atoms with E-state index in [4.69, 9.17) is 14.0 Å². The zero-order valence-electron chi connectivity index (χ0n) is 14.0. The first kappa shape index (κ1) is 17.8. The highest BCUT2D eigenvalue weighted by Gasteiger charge is 2.36. The van der Waals surface area contributed by atoms with Gasteiger partial charge in [0.1, 0.15) is 6.61 Å². The van der Waals surface area contributed by atoms with Crippen molar-refractivity contribution in [1.82, 2.24) is 10.1 Å². The number of nitrogens with zero attached hydrogens (tertiary/aromatic N) is 2. The minimum atomic E-state index is -4.62. The molecule has 136 valence electrons. The topological polar surface area (TPSA) is 57.4 Å². The number of hydrogen-bond acceptors (Lipinski definition) is 5. The van der Waals surface area contributed by atoms with Crippen LogP contribution in [0.15, 0.2) is 47.0 Å². The van der Waals surface area contributed by atoms with Gasteiger partial charge in [0.2, 0.25) is 11.7 Å². The zero-order chi connectivity index (χ0) is 18.7. The molecule has 1 heterocycles. The lowest BCUT2D eigenvalue weighted by molar-refractivity contribution is -0.137. The van der Waals surface area contributed by atoms with Crippen LogP contribution in [0.1, 0.15) is 17.0 Å². The molecule has 3 rings (SSSR count). The van der Waals surface area contributed by atoms with E-state index in [-0.39, 0.29) is 35.4 Å². The molecule has 8 heteroatoms. The van der Waals surface area contributed by atoms with Crippen molar-refractivity contribution in [3.8, 4) is 22.9 Å². The molecule has 0 aliphatic rings. The van der Waals surface area contributed by atoms with Crippen LogP contribution in [-0.4, -0.2) is 17.3 Å². The number of hydrogen-bond donors (Lipinski definition) is 0. The maximum atomic E-state index is 13.5. The van der Waals surface area contributed by atoms with E-state index in [1.165, 1.54) is 20.1 Å². The van der Waals surface area contributed by atoms with Crippen LogP contribution >= 0.6 is 0 Å². The number of ether oxygens (including phenoxy) is 2. The summed E-state index contributed by atoms with van der Waals surface area (Å²) in [4.78, 5) is 3.88. The Labute approximate surface area is 147 Å². The third-order valence-corrected chi connectivity index (χ3v) is 3.61. The fourth-order valence-corrected chi connectivity index (χ4v) is 2.40. The van der Waals surface area contributed by atoms with Crippen molar-refractivity contribution in [2.45, 2.75) is 19.7 Å². The molecule has 0 fully saturated rings. The molecular weight excluding hydrogens is 349 g/mol. The summed E-state index contributed by atoms with van der Waals surface area (Å²) >= 11 is 0. The number of aryl methyl sites for hydroxylation is 1. The van der Waals surface area contributed by atoms with Gasteiger partial charge in [-0.1, -0.05) is 35.5 Å². The van der Waals surface area contributed by atoms with Crippen molar-refractivity contribution in [1.29, 1.82) is 0 Å². The molecule has 0 amide bonds. The van der Waals surface area contributed by atoms with E-state index >= 15 is 0 Å². The van der Waals surface area contributed by atoms with E-state index in [0.717, 1.165) is 11.6 Å². The molecule has 0 unspecified atom stereocenters. The van der Waals surface area contributed by atoms with E-state index < -0.39 is 11.7 Å². The van der Waals surface area contributed by atoms with E-state index in [9.17, 15) is 13.2 Å². The third kappa shape index (κ3) is 3.79. The lowest BCUT2D eigenvalue weighted by Crippen LogP contribution is -2.09. The molecule has 26 heavy (non-hydrogen) atoms. The summed E-state index contributed by atoms with van der Waals surface area (Å²) in [7, 11) is 1.35. The van der Waals surface area contributed by atoms with Gasteiger partial charge in [0.25, 0.3) is 0 Å². The Morgan fingerprint density at radius 1 is 1.08 bits per heavy atom. The molecule has 0 spiro atoms. The van der Waals surface area contributed by atoms with Crippen LogP contribution in [0.3, 0.4) is 0 Å². The molecule has 0 saturated heterocycles. The quantitative estimate of drug-likeness (QED) is 0.659. The molecule has 0 radical (unpaired) electrons. The first-order valence-electron chi connectivity index (χ1n) is 7.65. The highest BCUT2D eigenvalue weighted by Crippen LogP contribution is 2.42. The number of aromatic nitrogens is 2. The van der Waals surface area contributed by atoms with Gasteiger partial charge in [0, 0.05) is 12.5 Å². The van der Waals surface area contributed by atoms with Gasteiger partial charge in [-0.05, 0) is 17.7 Å². The van der Waals surface area contributed by atoms with E-state index in [0.29, 0.717) is 0 Å². The Balaban J connectivity index is 2.02. The maximum Gasteiger partial charge on any atom is 0.417 e. The molecule has 1 aromatic heterocycles. The first-order chi connectivity index (χ1) is 12.4. The zero-order valence-corrected chi connectivity index (χ0v) is 14.0. The van der Waals surface area contributed by atoms with Crippen molar-refractivity contribution in [3.63, 3.8) is 0 Å². The van der Waals surface area contributed by atoms with Gasteiger partial charge in [-0.3, -0.25) is 0 Å². The molecular formula is C18H15F3N2O3. The summed E-state index contributed by atoms with van der Waals surface area (Å²) in [5, 5.41) is 3.58. The van der Waals surface area contributed by atoms with Gasteiger partial charge in [-0.25, -0.2) is 0 Å². The van der Waals surface area contributed by atoms with Crippen molar-refractivity contribution < 1.29 is 27.2 Å². The van der Waals surface area contributed by atoms with Crippen molar-refractivity contribution in [2.75, 3.05) is 7.11 Å². The van der Waals surface area contributed by atoms with E-state index in [2.05, 4.69) is 10.1 Å². The smallest absolute Gasteiger partial charge is 0.417 e. The van der Waals surface area contributed by atoms with Crippen LogP contribution in [-0.2, 0) is 12.8 Å². The fourth-order valence-electron chi connectivity index (χ4n) is 2.40. The summed E-state index contributed by atoms with van der Waals surface area (Å²) in [6, 6.07) is 11.2. The Morgan fingerprint density at radius 3 is 2.38 bits per heavy atom. The van der Waals surface area contributed by atoms with Crippen LogP contribution in [0.25, 0.3) is 11.4 Å². The van der Waals surface area contributed by atoms with Crippen LogP contribution in [0.2, 0.25) is 0 Å². The van der Waals surface area contributed by atoms with Gasteiger partial charge >= 0.3 is 6.18 Å². The molecule has 5 nitrogen and oxygen atoms in total. The van der Waals surface area contributed by atoms with Gasteiger partial charge in [-0.15, -0.1) is 0 Å². The van der Waals surface area contributed by atoms with Crippen LogP contribution in [0.4, 0.5) is 13.2 Å². The van der Waals surface area contributed by atoms with Gasteiger partial charge < -0.3 is 14.0 Å². The highest BCUT2D eigenvalue weighted by atomic mass is 19.4. The minimum absolute atomic E-state index is 0.0207. The summed E-state index contributed by atoms with van der Waals surface area (Å²) in [5.41, 5.74) is -0.346. The van der Waals surface area contributed by atoms with Gasteiger partial charge in [0.15, 0.2) is 11.5 Å². The Kier molecular flexibility index (Phi) is 4.83. The predicted octanol–water partition coefficient (Wildman–Crippen LogP) is 4.65. The molecule has 0 aliphatic carbocycles. The SMILES string of the molecule is COc1cc(-c2noc(C)n2)c(C(F)(F)F)cc1OCc1ccccc1. The summed E-state index contributed by atoms with van der Waals surface area (Å²) in [6.07, 6.45) is -4.62. The monoisotopic (exact) mass is 364 g/mol. The predicted molar refractivity (Wildman–Crippen MR) is 86.8 cm³/mol. The summed E-state index contributed by atoms with van der Waals surface area (Å²) < 4.78 is 56.2.